The lowest BCUT2D eigenvalue weighted by atomic mass is 9.90. The molecule has 0 aliphatic heterocycles. The van der Waals surface area contributed by atoms with Gasteiger partial charge in [0.25, 0.3) is 0 Å². The third-order valence-corrected chi connectivity index (χ3v) is 5.27. The summed E-state index contributed by atoms with van der Waals surface area (Å²) in [6, 6.07) is 28.0. The molecule has 1 heteroatoms. The SMILES string of the molecule is CC(C)c1ccc(-c2ccc3c(c2)oc2ccccc23)c2ccccc12. The molecule has 0 aliphatic carbocycles. The minimum Gasteiger partial charge on any atom is -0.456 e. The summed E-state index contributed by atoms with van der Waals surface area (Å²) in [4.78, 5) is 0. The van der Waals surface area contributed by atoms with E-state index >= 15 is 0 Å². The molecule has 0 atom stereocenters. The molecule has 0 amide bonds. The van der Waals surface area contributed by atoms with Crippen molar-refractivity contribution in [1.82, 2.24) is 0 Å². The van der Waals surface area contributed by atoms with Gasteiger partial charge in [0.05, 0.1) is 0 Å². The molecular weight excluding hydrogens is 316 g/mol. The summed E-state index contributed by atoms with van der Waals surface area (Å²) in [5.74, 6) is 0.506. The first-order valence-corrected chi connectivity index (χ1v) is 9.16. The fourth-order valence-corrected chi connectivity index (χ4v) is 3.97. The van der Waals surface area contributed by atoms with Gasteiger partial charge in [-0.1, -0.05) is 74.5 Å². The number of para-hydroxylation sites is 1. The standard InChI is InChI=1S/C25H20O/c1-16(2)18-13-14-19(21-8-4-3-7-20(18)21)17-11-12-23-22-9-5-6-10-24(22)26-25(23)15-17/h3-16H,1-2H3. The molecule has 0 aliphatic rings. The smallest absolute Gasteiger partial charge is 0.136 e. The molecular formula is C25H20O. The molecule has 0 N–H and O–H groups in total. The Kier molecular flexibility index (Phi) is 3.36. The van der Waals surface area contributed by atoms with Crippen LogP contribution in [0.5, 0.6) is 0 Å². The summed E-state index contributed by atoms with van der Waals surface area (Å²) in [6.07, 6.45) is 0. The molecule has 5 aromatic rings. The lowest BCUT2D eigenvalue weighted by molar-refractivity contribution is 0.669. The Bertz CT molecular complexity index is 1260. The van der Waals surface area contributed by atoms with Gasteiger partial charge in [0.1, 0.15) is 11.2 Å². The first kappa shape index (κ1) is 15.2. The highest BCUT2D eigenvalue weighted by Gasteiger charge is 2.12. The Hall–Kier alpha value is -3.06. The van der Waals surface area contributed by atoms with Gasteiger partial charge in [-0.05, 0) is 51.6 Å². The maximum absolute atomic E-state index is 6.09. The van der Waals surface area contributed by atoms with E-state index in [1.807, 2.05) is 12.1 Å². The summed E-state index contributed by atoms with van der Waals surface area (Å²) in [6.45, 7) is 4.50. The largest absolute Gasteiger partial charge is 0.456 e. The minimum absolute atomic E-state index is 0.506. The topological polar surface area (TPSA) is 13.1 Å². The zero-order chi connectivity index (χ0) is 17.7. The van der Waals surface area contributed by atoms with E-state index in [-0.39, 0.29) is 0 Å². The molecule has 1 heterocycles. The van der Waals surface area contributed by atoms with Crippen molar-refractivity contribution in [3.05, 3.63) is 84.4 Å². The summed E-state index contributed by atoms with van der Waals surface area (Å²) >= 11 is 0. The number of fused-ring (bicyclic) bond motifs is 4. The van der Waals surface area contributed by atoms with E-state index in [1.165, 1.54) is 38.2 Å². The van der Waals surface area contributed by atoms with Gasteiger partial charge in [-0.15, -0.1) is 0 Å². The summed E-state index contributed by atoms with van der Waals surface area (Å²) in [5, 5.41) is 4.99. The summed E-state index contributed by atoms with van der Waals surface area (Å²) in [5.41, 5.74) is 5.74. The Morgan fingerprint density at radius 2 is 1.31 bits per heavy atom. The number of furan rings is 1. The van der Waals surface area contributed by atoms with E-state index in [4.69, 9.17) is 4.42 Å². The highest BCUT2D eigenvalue weighted by atomic mass is 16.3. The predicted octanol–water partition coefficient (Wildman–Crippen LogP) is 7.53. The van der Waals surface area contributed by atoms with E-state index in [9.17, 15) is 0 Å². The van der Waals surface area contributed by atoms with Crippen LogP contribution in [0.1, 0.15) is 25.3 Å². The molecule has 0 radical (unpaired) electrons. The maximum Gasteiger partial charge on any atom is 0.136 e. The van der Waals surface area contributed by atoms with Crippen molar-refractivity contribution in [1.29, 1.82) is 0 Å². The van der Waals surface area contributed by atoms with Crippen LogP contribution in [0.3, 0.4) is 0 Å². The number of hydrogen-bond acceptors (Lipinski definition) is 1. The van der Waals surface area contributed by atoms with Gasteiger partial charge >= 0.3 is 0 Å². The molecule has 126 valence electrons. The third kappa shape index (κ3) is 2.24. The van der Waals surface area contributed by atoms with Crippen LogP contribution in [0.15, 0.2) is 83.3 Å². The van der Waals surface area contributed by atoms with Gasteiger partial charge in [-0.25, -0.2) is 0 Å². The van der Waals surface area contributed by atoms with Crippen molar-refractivity contribution in [2.45, 2.75) is 19.8 Å². The molecule has 1 nitrogen and oxygen atoms in total. The normalized spacial score (nSPS) is 11.8. The molecule has 0 unspecified atom stereocenters. The first-order valence-electron chi connectivity index (χ1n) is 9.16. The molecule has 1 aromatic heterocycles. The van der Waals surface area contributed by atoms with Crippen LogP contribution in [-0.4, -0.2) is 0 Å². The molecule has 0 fully saturated rings. The zero-order valence-corrected chi connectivity index (χ0v) is 15.0. The fourth-order valence-electron chi connectivity index (χ4n) is 3.97. The molecule has 4 aromatic carbocycles. The first-order chi connectivity index (χ1) is 12.7. The van der Waals surface area contributed by atoms with Gasteiger partial charge in [-0.2, -0.15) is 0 Å². The second-order valence-corrected chi connectivity index (χ2v) is 7.21. The average Bonchev–Trinajstić information content (AvgIpc) is 3.04. The van der Waals surface area contributed by atoms with Gasteiger partial charge < -0.3 is 4.42 Å². The van der Waals surface area contributed by atoms with Crippen LogP contribution in [0.25, 0.3) is 43.8 Å². The molecule has 5 rings (SSSR count). The Morgan fingerprint density at radius 3 is 2.12 bits per heavy atom. The summed E-state index contributed by atoms with van der Waals surface area (Å²) < 4.78 is 6.09. The lowest BCUT2D eigenvalue weighted by Crippen LogP contribution is -1.91. The van der Waals surface area contributed by atoms with E-state index in [0.717, 1.165) is 11.2 Å². The van der Waals surface area contributed by atoms with Crippen molar-refractivity contribution in [3.63, 3.8) is 0 Å². The van der Waals surface area contributed by atoms with Gasteiger partial charge in [0.2, 0.25) is 0 Å². The Balaban J connectivity index is 1.77. The van der Waals surface area contributed by atoms with Crippen LogP contribution in [-0.2, 0) is 0 Å². The molecule has 0 spiro atoms. The monoisotopic (exact) mass is 336 g/mol. The van der Waals surface area contributed by atoms with Gasteiger partial charge in [0, 0.05) is 10.8 Å². The van der Waals surface area contributed by atoms with Crippen molar-refractivity contribution in [2.75, 3.05) is 0 Å². The van der Waals surface area contributed by atoms with Crippen LogP contribution in [0.2, 0.25) is 0 Å². The lowest BCUT2D eigenvalue weighted by Gasteiger charge is -2.14. The Morgan fingerprint density at radius 1 is 0.615 bits per heavy atom. The minimum atomic E-state index is 0.506. The van der Waals surface area contributed by atoms with Crippen LogP contribution >= 0.6 is 0 Å². The van der Waals surface area contributed by atoms with Gasteiger partial charge in [-0.3, -0.25) is 0 Å². The summed E-state index contributed by atoms with van der Waals surface area (Å²) in [7, 11) is 0. The fraction of sp³-hybridized carbons (Fsp3) is 0.120. The van der Waals surface area contributed by atoms with E-state index in [0.29, 0.717) is 5.92 Å². The highest BCUT2D eigenvalue weighted by Crippen LogP contribution is 2.36. The van der Waals surface area contributed by atoms with Gasteiger partial charge in [0.15, 0.2) is 0 Å². The Labute approximate surface area is 152 Å². The van der Waals surface area contributed by atoms with E-state index < -0.39 is 0 Å². The number of rotatable bonds is 2. The second kappa shape index (κ2) is 5.74. The molecule has 26 heavy (non-hydrogen) atoms. The quantitative estimate of drug-likeness (QED) is 0.325. The van der Waals surface area contributed by atoms with Crippen LogP contribution in [0, 0.1) is 0 Å². The number of hydrogen-bond donors (Lipinski definition) is 0. The average molecular weight is 336 g/mol. The number of benzene rings is 4. The van der Waals surface area contributed by atoms with E-state index in [2.05, 4.69) is 80.6 Å². The third-order valence-electron chi connectivity index (χ3n) is 5.27. The van der Waals surface area contributed by atoms with E-state index in [1.54, 1.807) is 0 Å². The molecule has 0 bridgehead atoms. The predicted molar refractivity (Wildman–Crippen MR) is 111 cm³/mol. The van der Waals surface area contributed by atoms with Crippen LogP contribution < -0.4 is 0 Å². The van der Waals surface area contributed by atoms with Crippen molar-refractivity contribution in [2.24, 2.45) is 0 Å². The second-order valence-electron chi connectivity index (χ2n) is 7.21. The zero-order valence-electron chi connectivity index (χ0n) is 15.0. The highest BCUT2D eigenvalue weighted by molar-refractivity contribution is 6.07. The molecule has 0 saturated heterocycles. The van der Waals surface area contributed by atoms with Crippen molar-refractivity contribution in [3.8, 4) is 11.1 Å². The molecule has 0 saturated carbocycles. The van der Waals surface area contributed by atoms with Crippen molar-refractivity contribution >= 4 is 32.7 Å². The maximum atomic E-state index is 6.09. The van der Waals surface area contributed by atoms with Crippen LogP contribution in [0.4, 0.5) is 0 Å². The van der Waals surface area contributed by atoms with Crippen molar-refractivity contribution < 1.29 is 4.42 Å².